The summed E-state index contributed by atoms with van der Waals surface area (Å²) in [5.41, 5.74) is 1.45. The summed E-state index contributed by atoms with van der Waals surface area (Å²) in [5, 5.41) is 13.3. The van der Waals surface area contributed by atoms with Gasteiger partial charge in [-0.1, -0.05) is 11.2 Å². The minimum Gasteiger partial charge on any atom is -0.508 e. The van der Waals surface area contributed by atoms with Crippen LogP contribution in [-0.2, 0) is 7.05 Å². The lowest BCUT2D eigenvalue weighted by atomic mass is 10.2. The normalized spacial score (nSPS) is 10.7. The van der Waals surface area contributed by atoms with E-state index in [0.29, 0.717) is 17.3 Å². The van der Waals surface area contributed by atoms with Crippen LogP contribution in [0.1, 0.15) is 0 Å². The molecular weight excluding hydrogens is 232 g/mol. The van der Waals surface area contributed by atoms with Crippen LogP contribution in [0.25, 0.3) is 23.0 Å². The largest absolute Gasteiger partial charge is 0.508 e. The van der Waals surface area contributed by atoms with Gasteiger partial charge in [0.15, 0.2) is 0 Å². The Balaban J connectivity index is 2.02. The van der Waals surface area contributed by atoms with E-state index in [2.05, 4.69) is 15.1 Å². The molecule has 0 saturated carbocycles. The van der Waals surface area contributed by atoms with E-state index in [1.807, 2.05) is 7.05 Å². The molecule has 0 aliphatic heterocycles. The molecule has 2 aromatic heterocycles. The van der Waals surface area contributed by atoms with Crippen molar-refractivity contribution >= 4 is 0 Å². The van der Waals surface area contributed by atoms with E-state index in [1.54, 1.807) is 41.4 Å². The van der Waals surface area contributed by atoms with Crippen LogP contribution in [-0.4, -0.2) is 24.8 Å². The van der Waals surface area contributed by atoms with E-state index < -0.39 is 0 Å². The summed E-state index contributed by atoms with van der Waals surface area (Å²) < 4.78 is 6.97. The minimum absolute atomic E-state index is 0.160. The molecule has 0 bridgehead atoms. The number of benzene rings is 1. The Morgan fingerprint density at radius 2 is 2.22 bits per heavy atom. The van der Waals surface area contributed by atoms with Gasteiger partial charge >= 0.3 is 0 Å². The van der Waals surface area contributed by atoms with Gasteiger partial charge in [0, 0.05) is 12.6 Å². The Morgan fingerprint density at radius 3 is 2.94 bits per heavy atom. The fraction of sp³-hybridized carbons (Fsp3) is 0.0833. The number of nitrogens with zero attached hydrogens (tertiary/aromatic N) is 4. The number of imidazole rings is 1. The highest BCUT2D eigenvalue weighted by Crippen LogP contribution is 2.24. The number of hydrogen-bond donors (Lipinski definition) is 1. The predicted octanol–water partition coefficient (Wildman–Crippen LogP) is 1.84. The highest BCUT2D eigenvalue weighted by molar-refractivity contribution is 5.58. The lowest BCUT2D eigenvalue weighted by molar-refractivity contribution is 0.431. The predicted molar refractivity (Wildman–Crippen MR) is 63.6 cm³/mol. The van der Waals surface area contributed by atoms with Gasteiger partial charge in [0.05, 0.1) is 12.5 Å². The molecule has 1 aromatic carbocycles. The lowest BCUT2D eigenvalue weighted by Crippen LogP contribution is -1.90. The van der Waals surface area contributed by atoms with Crippen LogP contribution in [0.4, 0.5) is 0 Å². The highest BCUT2D eigenvalue weighted by Gasteiger charge is 2.13. The SMILES string of the molecule is Cn1cncc1-c1noc(-c2cccc(O)c2)n1. The van der Waals surface area contributed by atoms with Crippen molar-refractivity contribution in [3.05, 3.63) is 36.8 Å². The zero-order valence-corrected chi connectivity index (χ0v) is 9.61. The van der Waals surface area contributed by atoms with Crippen LogP contribution in [0.5, 0.6) is 5.75 Å². The number of aryl methyl sites for hydroxylation is 1. The molecule has 2 heterocycles. The third-order valence-electron chi connectivity index (χ3n) is 2.56. The van der Waals surface area contributed by atoms with Gasteiger partial charge in [0.1, 0.15) is 11.4 Å². The molecule has 3 rings (SSSR count). The number of hydrogen-bond acceptors (Lipinski definition) is 5. The zero-order chi connectivity index (χ0) is 12.5. The Bertz CT molecular complexity index is 687. The van der Waals surface area contributed by atoms with Crippen molar-refractivity contribution in [3.63, 3.8) is 0 Å². The van der Waals surface area contributed by atoms with Crippen molar-refractivity contribution in [2.75, 3.05) is 0 Å². The summed E-state index contributed by atoms with van der Waals surface area (Å²) in [5.74, 6) is 0.989. The lowest BCUT2D eigenvalue weighted by Gasteiger charge is -1.95. The smallest absolute Gasteiger partial charge is 0.258 e. The van der Waals surface area contributed by atoms with Gasteiger partial charge in [-0.05, 0) is 18.2 Å². The molecule has 90 valence electrons. The fourth-order valence-corrected chi connectivity index (χ4v) is 1.66. The van der Waals surface area contributed by atoms with Crippen molar-refractivity contribution in [3.8, 4) is 28.7 Å². The summed E-state index contributed by atoms with van der Waals surface area (Å²) in [6, 6.07) is 6.67. The standard InChI is InChI=1S/C12H10N4O2/c1-16-7-13-6-10(16)11-14-12(18-15-11)8-3-2-4-9(17)5-8/h2-7,17H,1H3. The molecule has 0 aliphatic rings. The molecule has 6 heteroatoms. The third-order valence-corrected chi connectivity index (χ3v) is 2.56. The second-order valence-electron chi connectivity index (χ2n) is 3.86. The number of phenols is 1. The van der Waals surface area contributed by atoms with Gasteiger partial charge in [-0.2, -0.15) is 4.98 Å². The van der Waals surface area contributed by atoms with E-state index >= 15 is 0 Å². The molecule has 0 fully saturated rings. The molecule has 0 atom stereocenters. The van der Waals surface area contributed by atoms with Gasteiger partial charge in [-0.25, -0.2) is 4.98 Å². The van der Waals surface area contributed by atoms with E-state index in [9.17, 15) is 5.11 Å². The van der Waals surface area contributed by atoms with Crippen LogP contribution >= 0.6 is 0 Å². The first-order valence-electron chi connectivity index (χ1n) is 5.34. The third kappa shape index (κ3) is 1.73. The van der Waals surface area contributed by atoms with Gasteiger partial charge in [-0.15, -0.1) is 0 Å². The van der Waals surface area contributed by atoms with Crippen LogP contribution in [0, 0.1) is 0 Å². The molecule has 0 amide bonds. The van der Waals surface area contributed by atoms with E-state index in [-0.39, 0.29) is 5.75 Å². The number of aromatic nitrogens is 4. The first-order chi connectivity index (χ1) is 8.74. The summed E-state index contributed by atoms with van der Waals surface area (Å²) >= 11 is 0. The van der Waals surface area contributed by atoms with Gasteiger partial charge in [0.25, 0.3) is 5.89 Å². The van der Waals surface area contributed by atoms with Crippen LogP contribution in [0.2, 0.25) is 0 Å². The summed E-state index contributed by atoms with van der Waals surface area (Å²) in [4.78, 5) is 8.27. The van der Waals surface area contributed by atoms with E-state index in [0.717, 1.165) is 5.69 Å². The molecule has 0 spiro atoms. The van der Waals surface area contributed by atoms with Gasteiger partial charge in [0.2, 0.25) is 5.82 Å². The number of phenolic OH excluding ortho intramolecular Hbond substituents is 1. The topological polar surface area (TPSA) is 77.0 Å². The first-order valence-corrected chi connectivity index (χ1v) is 5.34. The Labute approximate surface area is 103 Å². The van der Waals surface area contributed by atoms with Crippen molar-refractivity contribution in [1.29, 1.82) is 0 Å². The maximum atomic E-state index is 9.41. The molecule has 1 N–H and O–H groups in total. The minimum atomic E-state index is 0.160. The second kappa shape index (κ2) is 3.99. The summed E-state index contributed by atoms with van der Waals surface area (Å²) in [6.45, 7) is 0. The molecular formula is C12H10N4O2. The second-order valence-corrected chi connectivity index (χ2v) is 3.86. The van der Waals surface area contributed by atoms with Crippen molar-refractivity contribution < 1.29 is 9.63 Å². The monoisotopic (exact) mass is 242 g/mol. The quantitative estimate of drug-likeness (QED) is 0.742. The van der Waals surface area contributed by atoms with Crippen LogP contribution in [0.3, 0.4) is 0 Å². The van der Waals surface area contributed by atoms with Gasteiger partial charge < -0.3 is 14.2 Å². The molecule has 3 aromatic rings. The maximum absolute atomic E-state index is 9.41. The molecule has 0 saturated heterocycles. The fourth-order valence-electron chi connectivity index (χ4n) is 1.66. The molecule has 6 nitrogen and oxygen atoms in total. The Morgan fingerprint density at radius 1 is 1.33 bits per heavy atom. The first kappa shape index (κ1) is 10.5. The maximum Gasteiger partial charge on any atom is 0.258 e. The van der Waals surface area contributed by atoms with Crippen LogP contribution in [0.15, 0.2) is 41.3 Å². The molecule has 0 radical (unpaired) electrons. The van der Waals surface area contributed by atoms with Crippen molar-refractivity contribution in [1.82, 2.24) is 19.7 Å². The average molecular weight is 242 g/mol. The number of aromatic hydroxyl groups is 1. The molecule has 18 heavy (non-hydrogen) atoms. The average Bonchev–Trinajstić information content (AvgIpc) is 2.97. The Hall–Kier alpha value is -2.63. The summed E-state index contributed by atoms with van der Waals surface area (Å²) in [6.07, 6.45) is 3.33. The zero-order valence-electron chi connectivity index (χ0n) is 9.61. The molecule has 0 aliphatic carbocycles. The number of rotatable bonds is 2. The van der Waals surface area contributed by atoms with Crippen molar-refractivity contribution in [2.45, 2.75) is 0 Å². The van der Waals surface area contributed by atoms with Crippen molar-refractivity contribution in [2.24, 2.45) is 7.05 Å². The van der Waals surface area contributed by atoms with E-state index in [4.69, 9.17) is 4.52 Å². The Kier molecular flexibility index (Phi) is 2.33. The van der Waals surface area contributed by atoms with E-state index in [1.165, 1.54) is 0 Å². The highest BCUT2D eigenvalue weighted by atomic mass is 16.5. The molecule has 0 unspecified atom stereocenters. The van der Waals surface area contributed by atoms with Gasteiger partial charge in [-0.3, -0.25) is 0 Å². The summed E-state index contributed by atoms with van der Waals surface area (Å²) in [7, 11) is 1.85. The van der Waals surface area contributed by atoms with Crippen LogP contribution < -0.4 is 0 Å².